The number of nitrogens with zero attached hydrogens (tertiary/aromatic N) is 1. The molecule has 12 heteroatoms. The second-order valence-corrected chi connectivity index (χ2v) is 9.72. The minimum Gasteiger partial charge on any atom is -0.493 e. The smallest absolute Gasteiger partial charge is 0.416 e. The Labute approximate surface area is 211 Å². The number of alkyl halides is 3. The van der Waals surface area contributed by atoms with E-state index in [2.05, 4.69) is 5.32 Å². The molecule has 0 unspecified atom stereocenters. The fourth-order valence-electron chi connectivity index (χ4n) is 3.28. The molecule has 36 heavy (non-hydrogen) atoms. The van der Waals surface area contributed by atoms with Gasteiger partial charge in [0.1, 0.15) is 6.54 Å². The molecule has 3 aromatic carbocycles. The molecule has 0 saturated heterocycles. The maximum absolute atomic E-state index is 13.4. The van der Waals surface area contributed by atoms with Gasteiger partial charge in [0, 0.05) is 6.54 Å². The van der Waals surface area contributed by atoms with Crippen molar-refractivity contribution in [3.8, 4) is 11.5 Å². The summed E-state index contributed by atoms with van der Waals surface area (Å²) in [5, 5.41) is 2.30. The van der Waals surface area contributed by atoms with E-state index in [0.717, 1.165) is 12.1 Å². The van der Waals surface area contributed by atoms with Crippen molar-refractivity contribution >= 4 is 33.2 Å². The predicted octanol–water partition coefficient (Wildman–Crippen LogP) is 4.89. The molecule has 3 aromatic rings. The molecule has 1 amide bonds. The van der Waals surface area contributed by atoms with Crippen molar-refractivity contribution < 1.29 is 35.9 Å². The van der Waals surface area contributed by atoms with Crippen LogP contribution in [0.25, 0.3) is 0 Å². The quantitative estimate of drug-likeness (QED) is 0.416. The molecule has 7 nitrogen and oxygen atoms in total. The summed E-state index contributed by atoms with van der Waals surface area (Å²) in [5.41, 5.74) is -0.965. The molecule has 0 atom stereocenters. The zero-order chi connectivity index (χ0) is 26.5. The molecule has 0 heterocycles. The highest BCUT2D eigenvalue weighted by Gasteiger charge is 2.34. The van der Waals surface area contributed by atoms with Crippen LogP contribution in [0.2, 0.25) is 5.02 Å². The highest BCUT2D eigenvalue weighted by atomic mass is 35.5. The minimum atomic E-state index is -4.75. The number of sulfonamides is 1. The summed E-state index contributed by atoms with van der Waals surface area (Å²) < 4.78 is 77.8. The molecule has 0 bridgehead atoms. The first-order chi connectivity index (χ1) is 17.0. The molecule has 3 rings (SSSR count). The number of carbonyl (C=O) groups excluding carboxylic acids is 1. The highest BCUT2D eigenvalue weighted by molar-refractivity contribution is 7.92. The second-order valence-electron chi connectivity index (χ2n) is 7.45. The summed E-state index contributed by atoms with van der Waals surface area (Å²) in [5.74, 6) is 0.137. The van der Waals surface area contributed by atoms with Gasteiger partial charge in [-0.3, -0.25) is 9.10 Å². The van der Waals surface area contributed by atoms with E-state index >= 15 is 0 Å². The summed E-state index contributed by atoms with van der Waals surface area (Å²) in [6, 6.07) is 14.2. The van der Waals surface area contributed by atoms with Crippen LogP contribution in [0.15, 0.2) is 71.6 Å². The molecule has 0 aliphatic rings. The van der Waals surface area contributed by atoms with Crippen LogP contribution >= 0.6 is 11.6 Å². The van der Waals surface area contributed by atoms with Crippen molar-refractivity contribution in [2.75, 3.05) is 25.1 Å². The summed E-state index contributed by atoms with van der Waals surface area (Å²) >= 11 is 6.12. The van der Waals surface area contributed by atoms with E-state index in [-0.39, 0.29) is 16.5 Å². The van der Waals surface area contributed by atoms with Gasteiger partial charge in [-0.2, -0.15) is 13.2 Å². The van der Waals surface area contributed by atoms with Gasteiger partial charge < -0.3 is 14.8 Å². The molecule has 0 saturated carbocycles. The lowest BCUT2D eigenvalue weighted by molar-refractivity contribution is -0.137. The normalized spacial score (nSPS) is 11.6. The van der Waals surface area contributed by atoms with Crippen LogP contribution in [0.5, 0.6) is 11.5 Å². The number of halogens is 4. The Morgan fingerprint density at radius 1 is 0.972 bits per heavy atom. The van der Waals surface area contributed by atoms with Crippen molar-refractivity contribution in [1.29, 1.82) is 0 Å². The van der Waals surface area contributed by atoms with Crippen molar-refractivity contribution in [2.24, 2.45) is 0 Å². The SMILES string of the molecule is COc1ccc(CNC(=O)CN(c2cc(C(F)(F)F)ccc2Cl)S(=O)(=O)c2ccccc2)cc1OC. The number of methoxy groups -OCH3 is 2. The largest absolute Gasteiger partial charge is 0.493 e. The molecule has 0 radical (unpaired) electrons. The summed E-state index contributed by atoms with van der Waals surface area (Å²) in [7, 11) is -1.53. The van der Waals surface area contributed by atoms with E-state index in [0.29, 0.717) is 27.4 Å². The maximum Gasteiger partial charge on any atom is 0.416 e. The van der Waals surface area contributed by atoms with E-state index in [1.54, 1.807) is 24.3 Å². The van der Waals surface area contributed by atoms with Crippen molar-refractivity contribution in [3.63, 3.8) is 0 Å². The monoisotopic (exact) mass is 542 g/mol. The lowest BCUT2D eigenvalue weighted by Gasteiger charge is -2.26. The number of anilines is 1. The maximum atomic E-state index is 13.4. The molecule has 192 valence electrons. The first-order valence-corrected chi connectivity index (χ1v) is 12.2. The lowest BCUT2D eigenvalue weighted by atomic mass is 10.2. The zero-order valence-corrected chi connectivity index (χ0v) is 20.7. The summed E-state index contributed by atoms with van der Waals surface area (Å²) in [4.78, 5) is 12.6. The second kappa shape index (κ2) is 11.1. The number of benzene rings is 3. The van der Waals surface area contributed by atoms with Crippen molar-refractivity contribution in [2.45, 2.75) is 17.6 Å². The van der Waals surface area contributed by atoms with Crippen LogP contribution in [-0.4, -0.2) is 35.1 Å². The van der Waals surface area contributed by atoms with Crippen LogP contribution < -0.4 is 19.1 Å². The summed E-state index contributed by atoms with van der Waals surface area (Å²) in [6.07, 6.45) is -4.75. The standard InChI is InChI=1S/C24H22ClF3N2O5S/c1-34-21-11-8-16(12-22(21)35-2)14-29-23(31)15-30(36(32,33)18-6-4-3-5-7-18)20-13-17(24(26,27)28)9-10-19(20)25/h3-13H,14-15H2,1-2H3,(H,29,31). The third kappa shape index (κ3) is 6.21. The molecule has 0 aromatic heterocycles. The van der Waals surface area contributed by atoms with E-state index < -0.39 is 39.9 Å². The third-order valence-corrected chi connectivity index (χ3v) is 7.19. The fraction of sp³-hybridized carbons (Fsp3) is 0.208. The fourth-order valence-corrected chi connectivity index (χ4v) is 5.00. The van der Waals surface area contributed by atoms with Gasteiger partial charge in [-0.25, -0.2) is 8.42 Å². The van der Waals surface area contributed by atoms with E-state index in [1.807, 2.05) is 0 Å². The number of hydrogen-bond donors (Lipinski definition) is 1. The lowest BCUT2D eigenvalue weighted by Crippen LogP contribution is -2.41. The topological polar surface area (TPSA) is 84.9 Å². The van der Waals surface area contributed by atoms with E-state index in [4.69, 9.17) is 21.1 Å². The Morgan fingerprint density at radius 2 is 1.64 bits per heavy atom. The Hall–Kier alpha value is -3.44. The molecule has 0 aliphatic heterocycles. The van der Waals surface area contributed by atoms with Gasteiger partial charge in [0.15, 0.2) is 11.5 Å². The number of carbonyl (C=O) groups is 1. The van der Waals surface area contributed by atoms with Gasteiger partial charge in [-0.15, -0.1) is 0 Å². The van der Waals surface area contributed by atoms with Gasteiger partial charge in [-0.05, 0) is 48.0 Å². The van der Waals surface area contributed by atoms with Gasteiger partial charge >= 0.3 is 6.18 Å². The number of nitrogens with one attached hydrogen (secondary N) is 1. The van der Waals surface area contributed by atoms with Crippen LogP contribution in [0.1, 0.15) is 11.1 Å². The van der Waals surface area contributed by atoms with E-state index in [9.17, 15) is 26.4 Å². The first-order valence-electron chi connectivity index (χ1n) is 10.4. The number of ether oxygens (including phenoxy) is 2. The molecule has 0 spiro atoms. The minimum absolute atomic E-state index is 0.00522. The molecule has 0 fully saturated rings. The Bertz CT molecular complexity index is 1340. The van der Waals surface area contributed by atoms with Crippen LogP contribution in [0.4, 0.5) is 18.9 Å². The van der Waals surface area contributed by atoms with Gasteiger partial charge in [0.25, 0.3) is 10.0 Å². The summed E-state index contributed by atoms with van der Waals surface area (Å²) in [6.45, 7) is -0.819. The highest BCUT2D eigenvalue weighted by Crippen LogP contribution is 2.37. The first kappa shape index (κ1) is 27.2. The van der Waals surface area contributed by atoms with Gasteiger partial charge in [-0.1, -0.05) is 35.9 Å². The van der Waals surface area contributed by atoms with Crippen molar-refractivity contribution in [3.05, 3.63) is 82.9 Å². The van der Waals surface area contributed by atoms with Crippen molar-refractivity contribution in [1.82, 2.24) is 5.32 Å². The van der Waals surface area contributed by atoms with Crippen LogP contribution in [0.3, 0.4) is 0 Å². The van der Waals surface area contributed by atoms with E-state index in [1.165, 1.54) is 38.5 Å². The zero-order valence-electron chi connectivity index (χ0n) is 19.2. The molecule has 0 aliphatic carbocycles. The molecular weight excluding hydrogens is 521 g/mol. The number of hydrogen-bond acceptors (Lipinski definition) is 5. The number of rotatable bonds is 9. The Balaban J connectivity index is 1.93. The average Bonchev–Trinajstić information content (AvgIpc) is 2.86. The third-order valence-electron chi connectivity index (χ3n) is 5.10. The number of amides is 1. The van der Waals surface area contributed by atoms with Gasteiger partial charge in [0.05, 0.1) is 35.4 Å². The Kier molecular flexibility index (Phi) is 8.36. The predicted molar refractivity (Wildman–Crippen MR) is 129 cm³/mol. The molecule has 1 N–H and O–H groups in total. The Morgan fingerprint density at radius 3 is 2.25 bits per heavy atom. The van der Waals surface area contributed by atoms with Crippen LogP contribution in [0, 0.1) is 0 Å². The van der Waals surface area contributed by atoms with Gasteiger partial charge in [0.2, 0.25) is 5.91 Å². The van der Waals surface area contributed by atoms with Crippen LogP contribution in [-0.2, 0) is 27.5 Å². The average molecular weight is 543 g/mol. The molecular formula is C24H22ClF3N2O5S.